The highest BCUT2D eigenvalue weighted by Gasteiger charge is 2.24. The fourth-order valence-electron chi connectivity index (χ4n) is 2.48. The summed E-state index contributed by atoms with van der Waals surface area (Å²) in [5, 5.41) is 0. The Labute approximate surface area is 135 Å². The largest absolute Gasteiger partial charge is 0.496 e. The van der Waals surface area contributed by atoms with Gasteiger partial charge in [0.15, 0.2) is 0 Å². The van der Waals surface area contributed by atoms with Crippen LogP contribution < -0.4 is 10.5 Å². The summed E-state index contributed by atoms with van der Waals surface area (Å²) < 4.78 is 6.48. The summed E-state index contributed by atoms with van der Waals surface area (Å²) in [4.78, 5) is 0. The number of hydrogen-bond donors (Lipinski definition) is 1. The van der Waals surface area contributed by atoms with Gasteiger partial charge in [-0.3, -0.25) is 0 Å². The molecule has 0 saturated heterocycles. The van der Waals surface area contributed by atoms with Crippen LogP contribution in [0.25, 0.3) is 0 Å². The molecule has 0 heterocycles. The van der Waals surface area contributed by atoms with E-state index in [0.717, 1.165) is 27.8 Å². The Morgan fingerprint density at radius 1 is 1.10 bits per heavy atom. The average molecular weight is 348 g/mol. The smallest absolute Gasteiger partial charge is 0.122 e. The summed E-state index contributed by atoms with van der Waals surface area (Å²) in [6.45, 7) is 6.30. The van der Waals surface area contributed by atoms with Gasteiger partial charge in [-0.05, 0) is 67.6 Å². The van der Waals surface area contributed by atoms with Gasteiger partial charge in [0.05, 0.1) is 7.11 Å². The molecule has 0 fully saturated rings. The molecule has 0 spiro atoms. The standard InChI is InChI=1S/C18H22BrNO/c1-12-5-6-15(9-13(12)2)18(3,20)11-14-10-16(19)7-8-17(14)21-4/h5-10H,11,20H2,1-4H3. The van der Waals surface area contributed by atoms with E-state index in [1.807, 2.05) is 12.1 Å². The molecule has 2 N–H and O–H groups in total. The average Bonchev–Trinajstić information content (AvgIpc) is 2.41. The molecule has 0 aliphatic heterocycles. The van der Waals surface area contributed by atoms with Crippen LogP contribution in [0.4, 0.5) is 0 Å². The van der Waals surface area contributed by atoms with E-state index in [4.69, 9.17) is 10.5 Å². The van der Waals surface area contributed by atoms with Crippen LogP contribution in [0.3, 0.4) is 0 Å². The highest BCUT2D eigenvalue weighted by molar-refractivity contribution is 9.10. The molecule has 0 radical (unpaired) electrons. The van der Waals surface area contributed by atoms with Crippen molar-refractivity contribution >= 4 is 15.9 Å². The van der Waals surface area contributed by atoms with Crippen molar-refractivity contribution < 1.29 is 4.74 Å². The van der Waals surface area contributed by atoms with Crippen LogP contribution in [-0.4, -0.2) is 7.11 Å². The highest BCUT2D eigenvalue weighted by atomic mass is 79.9. The first-order chi connectivity index (χ1) is 9.83. The quantitative estimate of drug-likeness (QED) is 0.884. The predicted molar refractivity (Wildman–Crippen MR) is 91.9 cm³/mol. The number of ether oxygens (including phenoxy) is 1. The number of halogens is 1. The van der Waals surface area contributed by atoms with Crippen molar-refractivity contribution in [2.45, 2.75) is 32.7 Å². The van der Waals surface area contributed by atoms with Crippen LogP contribution in [0.2, 0.25) is 0 Å². The Kier molecular flexibility index (Phi) is 4.74. The lowest BCUT2D eigenvalue weighted by Gasteiger charge is -2.27. The van der Waals surface area contributed by atoms with Crippen molar-refractivity contribution in [3.8, 4) is 5.75 Å². The third-order valence-corrected chi connectivity index (χ3v) is 4.46. The molecule has 2 rings (SSSR count). The second-order valence-corrected chi connectivity index (χ2v) is 6.77. The molecule has 2 nitrogen and oxygen atoms in total. The molecule has 2 aromatic rings. The lowest BCUT2D eigenvalue weighted by atomic mass is 9.85. The summed E-state index contributed by atoms with van der Waals surface area (Å²) in [6, 6.07) is 12.5. The maximum absolute atomic E-state index is 6.59. The van der Waals surface area contributed by atoms with Gasteiger partial charge in [0.25, 0.3) is 0 Å². The summed E-state index contributed by atoms with van der Waals surface area (Å²) in [5.74, 6) is 0.874. The van der Waals surface area contributed by atoms with E-state index >= 15 is 0 Å². The minimum atomic E-state index is -0.438. The fraction of sp³-hybridized carbons (Fsp3) is 0.333. The number of nitrogens with two attached hydrogens (primary N) is 1. The van der Waals surface area contributed by atoms with Gasteiger partial charge in [-0.2, -0.15) is 0 Å². The lowest BCUT2D eigenvalue weighted by Crippen LogP contribution is -2.35. The summed E-state index contributed by atoms with van der Waals surface area (Å²) in [6.07, 6.45) is 0.720. The molecule has 112 valence electrons. The summed E-state index contributed by atoms with van der Waals surface area (Å²) >= 11 is 3.51. The highest BCUT2D eigenvalue weighted by Crippen LogP contribution is 2.30. The van der Waals surface area contributed by atoms with Crippen molar-refractivity contribution in [3.63, 3.8) is 0 Å². The van der Waals surface area contributed by atoms with Crippen LogP contribution in [-0.2, 0) is 12.0 Å². The van der Waals surface area contributed by atoms with Gasteiger partial charge < -0.3 is 10.5 Å². The topological polar surface area (TPSA) is 35.2 Å². The van der Waals surface area contributed by atoms with E-state index in [1.165, 1.54) is 11.1 Å². The molecule has 0 aliphatic carbocycles. The van der Waals surface area contributed by atoms with E-state index in [-0.39, 0.29) is 0 Å². The van der Waals surface area contributed by atoms with Crippen LogP contribution in [0.15, 0.2) is 40.9 Å². The minimum Gasteiger partial charge on any atom is -0.496 e. The Morgan fingerprint density at radius 2 is 1.81 bits per heavy atom. The molecular formula is C18H22BrNO. The van der Waals surface area contributed by atoms with E-state index in [2.05, 4.69) is 61.0 Å². The Hall–Kier alpha value is -1.32. The number of hydrogen-bond acceptors (Lipinski definition) is 2. The first kappa shape index (κ1) is 16.1. The molecule has 0 bridgehead atoms. The van der Waals surface area contributed by atoms with E-state index in [9.17, 15) is 0 Å². The fourth-order valence-corrected chi connectivity index (χ4v) is 2.89. The van der Waals surface area contributed by atoms with E-state index in [1.54, 1.807) is 7.11 Å². The summed E-state index contributed by atoms with van der Waals surface area (Å²) in [7, 11) is 1.69. The van der Waals surface area contributed by atoms with Crippen LogP contribution >= 0.6 is 15.9 Å². The zero-order valence-corrected chi connectivity index (χ0v) is 14.6. The molecule has 0 saturated carbocycles. The number of methoxy groups -OCH3 is 1. The Morgan fingerprint density at radius 3 is 2.43 bits per heavy atom. The Balaban J connectivity index is 2.36. The SMILES string of the molecule is COc1ccc(Br)cc1CC(C)(N)c1ccc(C)c(C)c1. The first-order valence-electron chi connectivity index (χ1n) is 7.02. The molecule has 21 heavy (non-hydrogen) atoms. The summed E-state index contributed by atoms with van der Waals surface area (Å²) in [5.41, 5.74) is 11.0. The van der Waals surface area contributed by atoms with Gasteiger partial charge in [0.2, 0.25) is 0 Å². The third-order valence-electron chi connectivity index (χ3n) is 3.97. The van der Waals surface area contributed by atoms with Crippen LogP contribution in [0.5, 0.6) is 5.75 Å². The molecule has 0 aromatic heterocycles. The number of rotatable bonds is 4. The molecule has 1 unspecified atom stereocenters. The van der Waals surface area contributed by atoms with Gasteiger partial charge in [-0.1, -0.05) is 34.1 Å². The van der Waals surface area contributed by atoms with E-state index in [0.29, 0.717) is 0 Å². The third kappa shape index (κ3) is 3.66. The van der Waals surface area contributed by atoms with Gasteiger partial charge in [-0.15, -0.1) is 0 Å². The maximum atomic E-state index is 6.59. The lowest BCUT2D eigenvalue weighted by molar-refractivity contribution is 0.399. The van der Waals surface area contributed by atoms with Crippen LogP contribution in [0, 0.1) is 13.8 Å². The van der Waals surface area contributed by atoms with Crippen molar-refractivity contribution in [1.82, 2.24) is 0 Å². The molecule has 1 atom stereocenters. The predicted octanol–water partition coefficient (Wildman–Crippen LogP) is 4.49. The van der Waals surface area contributed by atoms with Gasteiger partial charge in [0.1, 0.15) is 5.75 Å². The number of aryl methyl sites for hydroxylation is 2. The molecule has 3 heteroatoms. The second kappa shape index (κ2) is 6.20. The minimum absolute atomic E-state index is 0.438. The molecular weight excluding hydrogens is 326 g/mol. The first-order valence-corrected chi connectivity index (χ1v) is 7.82. The second-order valence-electron chi connectivity index (χ2n) is 5.85. The molecule has 2 aromatic carbocycles. The monoisotopic (exact) mass is 347 g/mol. The number of benzene rings is 2. The van der Waals surface area contributed by atoms with Crippen molar-refractivity contribution in [2.75, 3.05) is 7.11 Å². The van der Waals surface area contributed by atoms with Crippen molar-refractivity contribution in [2.24, 2.45) is 5.73 Å². The maximum Gasteiger partial charge on any atom is 0.122 e. The van der Waals surface area contributed by atoms with Gasteiger partial charge in [-0.25, -0.2) is 0 Å². The van der Waals surface area contributed by atoms with Crippen LogP contribution in [0.1, 0.15) is 29.2 Å². The molecule has 0 amide bonds. The van der Waals surface area contributed by atoms with Crippen molar-refractivity contribution in [1.29, 1.82) is 0 Å². The van der Waals surface area contributed by atoms with Gasteiger partial charge >= 0.3 is 0 Å². The zero-order valence-electron chi connectivity index (χ0n) is 13.0. The normalized spacial score (nSPS) is 13.8. The Bertz CT molecular complexity index is 650. The van der Waals surface area contributed by atoms with Gasteiger partial charge in [0, 0.05) is 10.0 Å². The molecule has 0 aliphatic rings. The van der Waals surface area contributed by atoms with E-state index < -0.39 is 5.54 Å². The van der Waals surface area contributed by atoms with Crippen molar-refractivity contribution in [3.05, 3.63) is 63.1 Å². The zero-order chi connectivity index (χ0) is 15.6.